The average Bonchev–Trinajstić information content (AvgIpc) is 3.02. The standard InChI is InChI=1S/C17H13ClF4N2O2/c18-14-8-11(19)1-2-13(14)16(25)24-6-4-12(9-24)26-15-7-10(3-5-23-15)17(20,21)22/h1-3,5,7-8,12H,4,6,9H2/t12-/m1/s1. The van der Waals surface area contributed by atoms with Crippen molar-refractivity contribution in [1.29, 1.82) is 0 Å². The van der Waals surface area contributed by atoms with Crippen LogP contribution in [0.25, 0.3) is 0 Å². The van der Waals surface area contributed by atoms with Gasteiger partial charge in [0.05, 0.1) is 22.7 Å². The number of alkyl halides is 3. The fourth-order valence-corrected chi connectivity index (χ4v) is 2.91. The Bertz CT molecular complexity index is 829. The molecule has 3 rings (SSSR count). The van der Waals surface area contributed by atoms with Gasteiger partial charge in [0.15, 0.2) is 0 Å². The van der Waals surface area contributed by atoms with Gasteiger partial charge in [-0.3, -0.25) is 4.79 Å². The molecule has 0 bridgehead atoms. The van der Waals surface area contributed by atoms with E-state index in [4.69, 9.17) is 16.3 Å². The van der Waals surface area contributed by atoms with E-state index in [0.717, 1.165) is 30.5 Å². The van der Waals surface area contributed by atoms with Gasteiger partial charge in [-0.25, -0.2) is 9.37 Å². The number of aromatic nitrogens is 1. The Labute approximate surface area is 151 Å². The third-order valence-corrected chi connectivity index (χ3v) is 4.26. The molecule has 1 saturated heterocycles. The van der Waals surface area contributed by atoms with E-state index in [2.05, 4.69) is 4.98 Å². The van der Waals surface area contributed by atoms with Crippen LogP contribution in [0.2, 0.25) is 5.02 Å². The quantitative estimate of drug-likeness (QED) is 0.741. The summed E-state index contributed by atoms with van der Waals surface area (Å²) in [6.07, 6.45) is -3.52. The number of carbonyl (C=O) groups is 1. The van der Waals surface area contributed by atoms with Crippen molar-refractivity contribution in [3.8, 4) is 5.88 Å². The number of ether oxygens (including phenoxy) is 1. The summed E-state index contributed by atoms with van der Waals surface area (Å²) in [7, 11) is 0. The predicted octanol–water partition coefficient (Wildman–Crippen LogP) is 4.19. The molecule has 9 heteroatoms. The summed E-state index contributed by atoms with van der Waals surface area (Å²) < 4.78 is 56.8. The third kappa shape index (κ3) is 4.07. The minimum atomic E-state index is -4.49. The smallest absolute Gasteiger partial charge is 0.416 e. The van der Waals surface area contributed by atoms with Gasteiger partial charge in [-0.2, -0.15) is 13.2 Å². The van der Waals surface area contributed by atoms with E-state index < -0.39 is 29.6 Å². The number of hydrogen-bond acceptors (Lipinski definition) is 3. The Kier molecular flexibility index (Phi) is 5.04. The lowest BCUT2D eigenvalue weighted by Gasteiger charge is -2.18. The molecule has 0 radical (unpaired) electrons. The summed E-state index contributed by atoms with van der Waals surface area (Å²) >= 11 is 5.89. The SMILES string of the molecule is O=C(c1ccc(F)cc1Cl)N1CC[C@@H](Oc2cc(C(F)(F)F)ccn2)C1. The molecule has 26 heavy (non-hydrogen) atoms. The Morgan fingerprint density at radius 1 is 1.27 bits per heavy atom. The minimum absolute atomic E-state index is 0.00101. The van der Waals surface area contributed by atoms with Crippen molar-refractivity contribution in [1.82, 2.24) is 9.88 Å². The van der Waals surface area contributed by atoms with Crippen molar-refractivity contribution in [2.75, 3.05) is 13.1 Å². The second-order valence-electron chi connectivity index (χ2n) is 5.78. The van der Waals surface area contributed by atoms with Crippen molar-refractivity contribution >= 4 is 17.5 Å². The van der Waals surface area contributed by atoms with Crippen molar-refractivity contribution in [2.24, 2.45) is 0 Å². The fraction of sp³-hybridized carbons (Fsp3) is 0.294. The number of amides is 1. The van der Waals surface area contributed by atoms with Gasteiger partial charge in [0.1, 0.15) is 11.9 Å². The lowest BCUT2D eigenvalue weighted by atomic mass is 10.2. The first-order valence-corrected chi connectivity index (χ1v) is 8.06. The molecule has 138 valence electrons. The summed E-state index contributed by atoms with van der Waals surface area (Å²) in [5.74, 6) is -1.10. The van der Waals surface area contributed by atoms with Gasteiger partial charge in [0, 0.05) is 25.2 Å². The van der Waals surface area contributed by atoms with Crippen LogP contribution in [0.5, 0.6) is 5.88 Å². The molecule has 2 aromatic rings. The van der Waals surface area contributed by atoms with Crippen LogP contribution in [-0.2, 0) is 6.18 Å². The van der Waals surface area contributed by atoms with E-state index >= 15 is 0 Å². The Balaban J connectivity index is 1.66. The van der Waals surface area contributed by atoms with Gasteiger partial charge in [-0.05, 0) is 24.3 Å². The first kappa shape index (κ1) is 18.4. The summed E-state index contributed by atoms with van der Waals surface area (Å²) in [5, 5.41) is -0.00101. The van der Waals surface area contributed by atoms with Crippen LogP contribution in [0.4, 0.5) is 17.6 Å². The Morgan fingerprint density at radius 3 is 2.73 bits per heavy atom. The maximum absolute atomic E-state index is 13.1. The molecule has 0 N–H and O–H groups in total. The molecule has 1 aliphatic rings. The molecule has 1 amide bonds. The second kappa shape index (κ2) is 7.11. The number of likely N-dealkylation sites (tertiary alicyclic amines) is 1. The van der Waals surface area contributed by atoms with E-state index in [9.17, 15) is 22.4 Å². The van der Waals surface area contributed by atoms with Gasteiger partial charge in [-0.15, -0.1) is 0 Å². The highest BCUT2D eigenvalue weighted by Gasteiger charge is 2.32. The van der Waals surface area contributed by atoms with Gasteiger partial charge >= 0.3 is 6.18 Å². The zero-order chi connectivity index (χ0) is 18.9. The second-order valence-corrected chi connectivity index (χ2v) is 6.19. The van der Waals surface area contributed by atoms with E-state index in [-0.39, 0.29) is 23.0 Å². The molecular formula is C17H13ClF4N2O2. The molecule has 1 fully saturated rings. The van der Waals surface area contributed by atoms with Crippen LogP contribution >= 0.6 is 11.6 Å². The molecule has 4 nitrogen and oxygen atoms in total. The molecule has 1 aromatic heterocycles. The first-order chi connectivity index (χ1) is 12.2. The molecular weight excluding hydrogens is 376 g/mol. The molecule has 0 aliphatic carbocycles. The maximum Gasteiger partial charge on any atom is 0.416 e. The van der Waals surface area contributed by atoms with Crippen molar-refractivity contribution in [3.05, 3.63) is 58.5 Å². The summed E-state index contributed by atoms with van der Waals surface area (Å²) in [4.78, 5) is 17.7. The molecule has 1 aliphatic heterocycles. The molecule has 2 heterocycles. The molecule has 0 unspecified atom stereocenters. The van der Waals surface area contributed by atoms with E-state index in [1.54, 1.807) is 0 Å². The number of benzene rings is 1. The first-order valence-electron chi connectivity index (χ1n) is 7.68. The van der Waals surface area contributed by atoms with E-state index in [1.165, 1.54) is 11.0 Å². The largest absolute Gasteiger partial charge is 0.472 e. The van der Waals surface area contributed by atoms with Gasteiger partial charge in [0.25, 0.3) is 5.91 Å². The van der Waals surface area contributed by atoms with Crippen LogP contribution in [0.1, 0.15) is 22.3 Å². The van der Waals surface area contributed by atoms with Crippen molar-refractivity contribution < 1.29 is 27.1 Å². The Morgan fingerprint density at radius 2 is 2.04 bits per heavy atom. The number of pyridine rings is 1. The maximum atomic E-state index is 13.1. The lowest BCUT2D eigenvalue weighted by Crippen LogP contribution is -2.31. The highest BCUT2D eigenvalue weighted by molar-refractivity contribution is 6.33. The Hall–Kier alpha value is -2.35. The number of rotatable bonds is 3. The summed E-state index contributed by atoms with van der Waals surface area (Å²) in [5.41, 5.74) is -0.697. The number of hydrogen-bond donors (Lipinski definition) is 0. The van der Waals surface area contributed by atoms with Crippen LogP contribution in [0.3, 0.4) is 0 Å². The number of halogens is 5. The number of carbonyl (C=O) groups excluding carboxylic acids is 1. The molecule has 1 atom stereocenters. The molecule has 0 spiro atoms. The topological polar surface area (TPSA) is 42.4 Å². The zero-order valence-corrected chi connectivity index (χ0v) is 14.0. The third-order valence-electron chi connectivity index (χ3n) is 3.94. The summed E-state index contributed by atoms with van der Waals surface area (Å²) in [6.45, 7) is 0.515. The van der Waals surface area contributed by atoms with Crippen LogP contribution in [0.15, 0.2) is 36.5 Å². The van der Waals surface area contributed by atoms with Crippen LogP contribution in [0, 0.1) is 5.82 Å². The van der Waals surface area contributed by atoms with Crippen molar-refractivity contribution in [3.63, 3.8) is 0 Å². The lowest BCUT2D eigenvalue weighted by molar-refractivity contribution is -0.137. The van der Waals surface area contributed by atoms with Gasteiger partial charge in [0.2, 0.25) is 5.88 Å². The monoisotopic (exact) mass is 388 g/mol. The summed E-state index contributed by atoms with van der Waals surface area (Å²) in [6, 6.07) is 5.15. The van der Waals surface area contributed by atoms with Gasteiger partial charge in [-0.1, -0.05) is 11.6 Å². The normalized spacial score (nSPS) is 17.4. The fourth-order valence-electron chi connectivity index (χ4n) is 2.66. The van der Waals surface area contributed by atoms with E-state index in [1.807, 2.05) is 0 Å². The van der Waals surface area contributed by atoms with Gasteiger partial charge < -0.3 is 9.64 Å². The number of nitrogens with zero attached hydrogens (tertiary/aromatic N) is 2. The van der Waals surface area contributed by atoms with Crippen LogP contribution in [-0.4, -0.2) is 35.0 Å². The molecule has 1 aromatic carbocycles. The average molecular weight is 389 g/mol. The predicted molar refractivity (Wildman–Crippen MR) is 85.6 cm³/mol. The zero-order valence-electron chi connectivity index (χ0n) is 13.3. The highest BCUT2D eigenvalue weighted by atomic mass is 35.5. The molecule has 0 saturated carbocycles. The highest BCUT2D eigenvalue weighted by Crippen LogP contribution is 2.31. The van der Waals surface area contributed by atoms with E-state index in [0.29, 0.717) is 13.0 Å². The van der Waals surface area contributed by atoms with Crippen molar-refractivity contribution in [2.45, 2.75) is 18.7 Å². The van der Waals surface area contributed by atoms with Crippen LogP contribution < -0.4 is 4.74 Å². The minimum Gasteiger partial charge on any atom is -0.472 e.